The molecule has 0 aromatic rings. The summed E-state index contributed by atoms with van der Waals surface area (Å²) in [6, 6.07) is -0.255. The lowest BCUT2D eigenvalue weighted by molar-refractivity contribution is -0.141. The Balaban J connectivity index is 2.50. The van der Waals surface area contributed by atoms with Crippen LogP contribution in [0, 0.1) is 5.92 Å². The second-order valence-corrected chi connectivity index (χ2v) is 4.73. The van der Waals surface area contributed by atoms with Gasteiger partial charge in [0.2, 0.25) is 0 Å². The van der Waals surface area contributed by atoms with Crippen LogP contribution in [0.5, 0.6) is 0 Å². The van der Waals surface area contributed by atoms with E-state index >= 15 is 0 Å². The van der Waals surface area contributed by atoms with Gasteiger partial charge in [0, 0.05) is 13.2 Å². The van der Waals surface area contributed by atoms with Crippen LogP contribution in [0.4, 0.5) is 0 Å². The summed E-state index contributed by atoms with van der Waals surface area (Å²) in [5.41, 5.74) is 0. The Morgan fingerprint density at radius 2 is 2.12 bits per heavy atom. The van der Waals surface area contributed by atoms with Crippen LogP contribution >= 0.6 is 0 Å². The Morgan fingerprint density at radius 1 is 1.44 bits per heavy atom. The second kappa shape index (κ2) is 6.86. The van der Waals surface area contributed by atoms with Crippen molar-refractivity contribution in [3.05, 3.63) is 0 Å². The van der Waals surface area contributed by atoms with Crippen LogP contribution in [0.2, 0.25) is 0 Å². The SMILES string of the molecule is COCC(NC1CCCCCC1C)C(=O)O. The number of hydrogen-bond donors (Lipinski definition) is 2. The summed E-state index contributed by atoms with van der Waals surface area (Å²) in [6.07, 6.45) is 6.00. The normalized spacial score (nSPS) is 28.4. The van der Waals surface area contributed by atoms with E-state index in [-0.39, 0.29) is 6.61 Å². The molecule has 0 heterocycles. The third-order valence-corrected chi connectivity index (χ3v) is 3.41. The van der Waals surface area contributed by atoms with Gasteiger partial charge < -0.3 is 9.84 Å². The number of carboxylic acids is 1. The molecule has 0 aliphatic heterocycles. The molecule has 1 rings (SSSR count). The summed E-state index contributed by atoms with van der Waals surface area (Å²) in [6.45, 7) is 2.44. The van der Waals surface area contributed by atoms with E-state index in [2.05, 4.69) is 12.2 Å². The van der Waals surface area contributed by atoms with Crippen LogP contribution in [0.15, 0.2) is 0 Å². The van der Waals surface area contributed by atoms with Crippen LogP contribution in [-0.4, -0.2) is 36.9 Å². The van der Waals surface area contributed by atoms with Crippen molar-refractivity contribution in [1.29, 1.82) is 0 Å². The topological polar surface area (TPSA) is 58.6 Å². The van der Waals surface area contributed by atoms with Crippen molar-refractivity contribution in [3.63, 3.8) is 0 Å². The van der Waals surface area contributed by atoms with E-state index in [1.54, 1.807) is 0 Å². The van der Waals surface area contributed by atoms with Gasteiger partial charge in [0.25, 0.3) is 0 Å². The van der Waals surface area contributed by atoms with Crippen molar-refractivity contribution in [2.45, 2.75) is 51.1 Å². The zero-order valence-electron chi connectivity index (χ0n) is 10.2. The fraction of sp³-hybridized carbons (Fsp3) is 0.917. The van der Waals surface area contributed by atoms with Gasteiger partial charge in [-0.2, -0.15) is 0 Å². The maximum absolute atomic E-state index is 11.0. The van der Waals surface area contributed by atoms with E-state index in [9.17, 15) is 4.79 Å². The fourth-order valence-corrected chi connectivity index (χ4v) is 2.36. The van der Waals surface area contributed by atoms with Crippen molar-refractivity contribution < 1.29 is 14.6 Å². The average Bonchev–Trinajstić information content (AvgIpc) is 2.43. The molecule has 0 aromatic heterocycles. The molecule has 1 saturated carbocycles. The molecule has 3 unspecified atom stereocenters. The fourth-order valence-electron chi connectivity index (χ4n) is 2.36. The number of rotatable bonds is 5. The van der Waals surface area contributed by atoms with Crippen LogP contribution in [-0.2, 0) is 9.53 Å². The highest BCUT2D eigenvalue weighted by atomic mass is 16.5. The molecule has 3 atom stereocenters. The van der Waals surface area contributed by atoms with Crippen LogP contribution in [0.1, 0.15) is 39.0 Å². The third kappa shape index (κ3) is 4.10. The number of hydrogen-bond acceptors (Lipinski definition) is 3. The Hall–Kier alpha value is -0.610. The molecule has 16 heavy (non-hydrogen) atoms. The Morgan fingerprint density at radius 3 is 2.75 bits per heavy atom. The number of methoxy groups -OCH3 is 1. The molecule has 1 aliphatic rings. The first-order chi connectivity index (χ1) is 7.65. The van der Waals surface area contributed by atoms with Gasteiger partial charge >= 0.3 is 5.97 Å². The maximum atomic E-state index is 11.0. The summed E-state index contributed by atoms with van der Waals surface area (Å²) in [5.74, 6) is -0.264. The Labute approximate surface area is 97.4 Å². The lowest BCUT2D eigenvalue weighted by atomic mass is 9.96. The average molecular weight is 229 g/mol. The number of aliphatic carboxylic acids is 1. The minimum atomic E-state index is -0.821. The lowest BCUT2D eigenvalue weighted by Crippen LogP contribution is -2.48. The van der Waals surface area contributed by atoms with Crippen LogP contribution in [0.25, 0.3) is 0 Å². The van der Waals surface area contributed by atoms with E-state index in [0.29, 0.717) is 12.0 Å². The minimum Gasteiger partial charge on any atom is -0.480 e. The Bertz CT molecular complexity index is 220. The van der Waals surface area contributed by atoms with E-state index in [1.807, 2.05) is 0 Å². The van der Waals surface area contributed by atoms with Gasteiger partial charge in [-0.25, -0.2) is 0 Å². The molecule has 4 heteroatoms. The molecule has 0 amide bonds. The van der Waals surface area contributed by atoms with Crippen molar-refractivity contribution >= 4 is 5.97 Å². The zero-order valence-corrected chi connectivity index (χ0v) is 10.2. The molecule has 1 aliphatic carbocycles. The van der Waals surface area contributed by atoms with E-state index < -0.39 is 12.0 Å². The molecule has 0 bridgehead atoms. The van der Waals surface area contributed by atoms with E-state index in [4.69, 9.17) is 9.84 Å². The quantitative estimate of drug-likeness (QED) is 0.704. The number of carboxylic acid groups (broad SMARTS) is 1. The van der Waals surface area contributed by atoms with Gasteiger partial charge in [0.1, 0.15) is 6.04 Å². The van der Waals surface area contributed by atoms with Crippen LogP contribution in [0.3, 0.4) is 0 Å². The van der Waals surface area contributed by atoms with Gasteiger partial charge in [-0.15, -0.1) is 0 Å². The van der Waals surface area contributed by atoms with Gasteiger partial charge in [0.15, 0.2) is 0 Å². The van der Waals surface area contributed by atoms with E-state index in [0.717, 1.165) is 6.42 Å². The number of ether oxygens (including phenoxy) is 1. The van der Waals surface area contributed by atoms with Crippen molar-refractivity contribution in [3.8, 4) is 0 Å². The summed E-state index contributed by atoms with van der Waals surface area (Å²) in [7, 11) is 1.54. The van der Waals surface area contributed by atoms with Crippen LogP contribution < -0.4 is 5.32 Å². The second-order valence-electron chi connectivity index (χ2n) is 4.73. The summed E-state index contributed by atoms with van der Waals surface area (Å²) >= 11 is 0. The number of carbonyl (C=O) groups is 1. The monoisotopic (exact) mass is 229 g/mol. The molecule has 0 saturated heterocycles. The molecule has 2 N–H and O–H groups in total. The Kier molecular flexibility index (Phi) is 5.77. The van der Waals surface area contributed by atoms with Crippen molar-refractivity contribution in [1.82, 2.24) is 5.32 Å². The molecule has 94 valence electrons. The first-order valence-electron chi connectivity index (χ1n) is 6.13. The lowest BCUT2D eigenvalue weighted by Gasteiger charge is -2.26. The minimum absolute atomic E-state index is 0.235. The highest BCUT2D eigenvalue weighted by Gasteiger charge is 2.25. The third-order valence-electron chi connectivity index (χ3n) is 3.41. The molecule has 1 fully saturated rings. The van der Waals surface area contributed by atoms with E-state index in [1.165, 1.54) is 32.8 Å². The zero-order chi connectivity index (χ0) is 12.0. The summed E-state index contributed by atoms with van der Waals surface area (Å²) < 4.78 is 4.93. The van der Waals surface area contributed by atoms with Gasteiger partial charge in [-0.1, -0.05) is 26.2 Å². The standard InChI is InChI=1S/C12H23NO3/c1-9-6-4-3-5-7-10(9)13-11(8-16-2)12(14)15/h9-11,13H,3-8H2,1-2H3,(H,14,15). The largest absolute Gasteiger partial charge is 0.480 e. The molecule has 0 radical (unpaired) electrons. The van der Waals surface area contributed by atoms with Gasteiger partial charge in [-0.05, 0) is 18.8 Å². The smallest absolute Gasteiger partial charge is 0.323 e. The highest BCUT2D eigenvalue weighted by molar-refractivity contribution is 5.73. The van der Waals surface area contributed by atoms with Gasteiger partial charge in [0.05, 0.1) is 6.61 Å². The van der Waals surface area contributed by atoms with Crippen molar-refractivity contribution in [2.24, 2.45) is 5.92 Å². The summed E-state index contributed by atoms with van der Waals surface area (Å²) in [4.78, 5) is 11.0. The maximum Gasteiger partial charge on any atom is 0.323 e. The summed E-state index contributed by atoms with van der Waals surface area (Å²) in [5, 5.41) is 12.3. The molecular weight excluding hydrogens is 206 g/mol. The van der Waals surface area contributed by atoms with Crippen molar-refractivity contribution in [2.75, 3.05) is 13.7 Å². The molecular formula is C12H23NO3. The molecule has 0 spiro atoms. The number of nitrogens with one attached hydrogen (secondary N) is 1. The molecule has 4 nitrogen and oxygen atoms in total. The first-order valence-corrected chi connectivity index (χ1v) is 6.13. The predicted molar refractivity (Wildman–Crippen MR) is 62.5 cm³/mol. The first kappa shape index (κ1) is 13.5. The van der Waals surface area contributed by atoms with Gasteiger partial charge in [-0.3, -0.25) is 10.1 Å². The highest BCUT2D eigenvalue weighted by Crippen LogP contribution is 2.23. The molecule has 0 aromatic carbocycles. The predicted octanol–water partition coefficient (Wildman–Crippen LogP) is 1.64.